The number of nitrogens with zero attached hydrogens (tertiary/aromatic N) is 1. The number of carbonyl (C=O) groups excluding carboxylic acids is 1. The Labute approximate surface area is 110 Å². The first-order valence-electron chi connectivity index (χ1n) is 6.56. The molecule has 100 valence electrons. The van der Waals surface area contributed by atoms with Gasteiger partial charge in [0.1, 0.15) is 0 Å². The quantitative estimate of drug-likeness (QED) is 0.789. The van der Waals surface area contributed by atoms with Gasteiger partial charge in [-0.2, -0.15) is 11.8 Å². The number of rotatable bonds is 2. The predicted octanol–water partition coefficient (Wildman–Crippen LogP) is 1.14. The van der Waals surface area contributed by atoms with Gasteiger partial charge in [0.2, 0.25) is 0 Å². The summed E-state index contributed by atoms with van der Waals surface area (Å²) in [4.78, 5) is 25.2. The minimum Gasteiger partial charge on any atom is -0.481 e. The van der Waals surface area contributed by atoms with Crippen LogP contribution in [0.2, 0.25) is 0 Å². The first-order valence-corrected chi connectivity index (χ1v) is 7.71. The van der Waals surface area contributed by atoms with Gasteiger partial charge in [-0.25, -0.2) is 4.79 Å². The number of aliphatic carboxylic acids is 1. The maximum atomic E-state index is 12.2. The Balaban J connectivity index is 1.65. The van der Waals surface area contributed by atoms with Crippen LogP contribution in [0.1, 0.15) is 25.7 Å². The molecule has 0 aromatic carbocycles. The number of thioether (sulfide) groups is 1. The third-order valence-corrected chi connectivity index (χ3v) is 5.51. The van der Waals surface area contributed by atoms with Gasteiger partial charge >= 0.3 is 12.0 Å². The summed E-state index contributed by atoms with van der Waals surface area (Å²) in [6.07, 6.45) is 3.46. The van der Waals surface area contributed by atoms with Crippen LogP contribution < -0.4 is 5.32 Å². The number of hydrogen-bond acceptors (Lipinski definition) is 3. The lowest BCUT2D eigenvalue weighted by molar-refractivity contribution is -0.142. The van der Waals surface area contributed by atoms with Crippen molar-refractivity contribution in [3.05, 3.63) is 0 Å². The van der Waals surface area contributed by atoms with E-state index < -0.39 is 5.97 Å². The molecule has 2 N–H and O–H groups in total. The number of hydrogen-bond donors (Lipinski definition) is 2. The molecule has 3 aliphatic heterocycles. The van der Waals surface area contributed by atoms with E-state index in [-0.39, 0.29) is 30.1 Å². The lowest BCUT2D eigenvalue weighted by Crippen LogP contribution is -2.47. The van der Waals surface area contributed by atoms with E-state index in [1.807, 2.05) is 16.7 Å². The standard InChI is InChI=1S/C12H18N2O3S/c15-11(16)9-5-8-1-2-10(9)14(8)12(17)13-7-3-4-18-6-7/h7-10H,1-6H2,(H,13,17)(H,15,16). The lowest BCUT2D eigenvalue weighted by Gasteiger charge is -2.25. The van der Waals surface area contributed by atoms with Crippen LogP contribution in [0.5, 0.6) is 0 Å². The predicted molar refractivity (Wildman–Crippen MR) is 68.7 cm³/mol. The Kier molecular flexibility index (Phi) is 3.13. The van der Waals surface area contributed by atoms with Crippen LogP contribution in [0, 0.1) is 5.92 Å². The zero-order chi connectivity index (χ0) is 12.7. The number of carbonyl (C=O) groups is 2. The molecule has 0 aliphatic carbocycles. The highest BCUT2D eigenvalue weighted by molar-refractivity contribution is 7.99. The second kappa shape index (κ2) is 4.64. The molecule has 0 radical (unpaired) electrons. The Morgan fingerprint density at radius 2 is 2.11 bits per heavy atom. The van der Waals surface area contributed by atoms with Crippen molar-refractivity contribution in [1.82, 2.24) is 10.2 Å². The van der Waals surface area contributed by atoms with Crippen molar-refractivity contribution in [2.24, 2.45) is 5.92 Å². The SMILES string of the molecule is O=C(O)C1CC2CCC1N2C(=O)NC1CCSC1. The second-order valence-corrected chi connectivity index (χ2v) is 6.55. The number of urea groups is 1. The highest BCUT2D eigenvalue weighted by Crippen LogP contribution is 2.41. The monoisotopic (exact) mass is 270 g/mol. The van der Waals surface area contributed by atoms with Crippen molar-refractivity contribution in [3.8, 4) is 0 Å². The topological polar surface area (TPSA) is 69.6 Å². The van der Waals surface area contributed by atoms with Crippen molar-refractivity contribution in [2.45, 2.75) is 43.8 Å². The third kappa shape index (κ3) is 1.96. The molecule has 4 atom stereocenters. The van der Waals surface area contributed by atoms with E-state index in [1.54, 1.807) is 0 Å². The molecule has 2 bridgehead atoms. The van der Waals surface area contributed by atoms with E-state index in [0.717, 1.165) is 30.8 Å². The Hall–Kier alpha value is -0.910. The van der Waals surface area contributed by atoms with E-state index in [1.165, 1.54) is 0 Å². The van der Waals surface area contributed by atoms with Crippen molar-refractivity contribution >= 4 is 23.8 Å². The van der Waals surface area contributed by atoms with Gasteiger partial charge in [0.05, 0.1) is 5.92 Å². The van der Waals surface area contributed by atoms with Crippen molar-refractivity contribution in [1.29, 1.82) is 0 Å². The van der Waals surface area contributed by atoms with Gasteiger partial charge in [-0.15, -0.1) is 0 Å². The van der Waals surface area contributed by atoms with Crippen molar-refractivity contribution in [2.75, 3.05) is 11.5 Å². The molecule has 3 heterocycles. The minimum atomic E-state index is -0.753. The van der Waals surface area contributed by atoms with Crippen LogP contribution >= 0.6 is 11.8 Å². The molecule has 18 heavy (non-hydrogen) atoms. The van der Waals surface area contributed by atoms with Gasteiger partial charge in [-0.1, -0.05) is 0 Å². The molecule has 6 heteroatoms. The van der Waals surface area contributed by atoms with Crippen LogP contribution in [0.4, 0.5) is 4.79 Å². The van der Waals surface area contributed by atoms with E-state index in [0.29, 0.717) is 6.42 Å². The average molecular weight is 270 g/mol. The largest absolute Gasteiger partial charge is 0.481 e. The molecule has 3 rings (SSSR count). The Morgan fingerprint density at radius 1 is 1.28 bits per heavy atom. The smallest absolute Gasteiger partial charge is 0.318 e. The zero-order valence-electron chi connectivity index (χ0n) is 10.2. The molecular weight excluding hydrogens is 252 g/mol. The maximum Gasteiger partial charge on any atom is 0.318 e. The first-order chi connectivity index (χ1) is 8.66. The summed E-state index contributed by atoms with van der Waals surface area (Å²) in [5, 5.41) is 12.2. The van der Waals surface area contributed by atoms with Crippen LogP contribution in [0.3, 0.4) is 0 Å². The summed E-state index contributed by atoms with van der Waals surface area (Å²) in [5.74, 6) is 0.983. The van der Waals surface area contributed by atoms with Gasteiger partial charge in [-0.3, -0.25) is 4.79 Å². The van der Waals surface area contributed by atoms with Crippen LogP contribution in [0.15, 0.2) is 0 Å². The lowest BCUT2D eigenvalue weighted by atomic mass is 9.89. The van der Waals surface area contributed by atoms with E-state index in [2.05, 4.69) is 5.32 Å². The van der Waals surface area contributed by atoms with Crippen LogP contribution in [-0.4, -0.2) is 51.6 Å². The molecule has 0 spiro atoms. The fourth-order valence-corrected chi connectivity index (χ4v) is 4.62. The summed E-state index contributed by atoms with van der Waals surface area (Å²) in [5.41, 5.74) is 0. The molecule has 0 aromatic rings. The van der Waals surface area contributed by atoms with Gasteiger partial charge in [0.25, 0.3) is 0 Å². The summed E-state index contributed by atoms with van der Waals surface area (Å²) in [6.45, 7) is 0. The van der Waals surface area contributed by atoms with Crippen molar-refractivity contribution < 1.29 is 14.7 Å². The number of carboxylic acids is 1. The molecule has 0 aromatic heterocycles. The highest BCUT2D eigenvalue weighted by Gasteiger charge is 2.51. The molecule has 5 nitrogen and oxygen atoms in total. The van der Waals surface area contributed by atoms with E-state index >= 15 is 0 Å². The maximum absolute atomic E-state index is 12.2. The second-order valence-electron chi connectivity index (χ2n) is 5.40. The van der Waals surface area contributed by atoms with Crippen LogP contribution in [-0.2, 0) is 4.79 Å². The number of nitrogens with one attached hydrogen (secondary N) is 1. The summed E-state index contributed by atoms with van der Waals surface area (Å²) in [7, 11) is 0. The molecule has 4 unspecified atom stereocenters. The molecule has 2 amide bonds. The van der Waals surface area contributed by atoms with Gasteiger partial charge in [-0.05, 0) is 31.4 Å². The van der Waals surface area contributed by atoms with E-state index in [9.17, 15) is 9.59 Å². The average Bonchev–Trinajstić information content (AvgIpc) is 3.02. The third-order valence-electron chi connectivity index (χ3n) is 4.35. The highest BCUT2D eigenvalue weighted by atomic mass is 32.2. The molecular formula is C12H18N2O3S. The van der Waals surface area contributed by atoms with Gasteiger partial charge in [0, 0.05) is 23.9 Å². The molecule has 3 aliphatic rings. The number of amides is 2. The molecule has 3 fully saturated rings. The first kappa shape index (κ1) is 12.1. The summed E-state index contributed by atoms with van der Waals surface area (Å²) >= 11 is 1.86. The fourth-order valence-electron chi connectivity index (χ4n) is 3.47. The molecule has 3 saturated heterocycles. The fraction of sp³-hybridized carbons (Fsp3) is 0.833. The minimum absolute atomic E-state index is 0.0428. The molecule has 0 saturated carbocycles. The van der Waals surface area contributed by atoms with Gasteiger partial charge in [0.15, 0.2) is 0 Å². The van der Waals surface area contributed by atoms with Crippen molar-refractivity contribution in [3.63, 3.8) is 0 Å². The normalized spacial score (nSPS) is 38.1. The Bertz CT molecular complexity index is 370. The summed E-state index contributed by atoms with van der Waals surface area (Å²) < 4.78 is 0. The summed E-state index contributed by atoms with van der Waals surface area (Å²) in [6, 6.07) is 0.288. The number of carboxylic acid groups (broad SMARTS) is 1. The van der Waals surface area contributed by atoms with Crippen LogP contribution in [0.25, 0.3) is 0 Å². The zero-order valence-corrected chi connectivity index (χ0v) is 11.0. The van der Waals surface area contributed by atoms with Gasteiger partial charge < -0.3 is 15.3 Å². The number of fused-ring (bicyclic) bond motifs is 2. The Morgan fingerprint density at radius 3 is 2.72 bits per heavy atom. The van der Waals surface area contributed by atoms with E-state index in [4.69, 9.17) is 5.11 Å².